The van der Waals surface area contributed by atoms with Gasteiger partial charge >= 0.3 is 0 Å². The Morgan fingerprint density at radius 1 is 1.59 bits per heavy atom. The largest absolute Gasteiger partial charge is 0.366 e. The highest BCUT2D eigenvalue weighted by molar-refractivity contribution is 7.10. The molecule has 0 aromatic carbocycles. The molecule has 1 heterocycles. The molecular weight excluding hydrogens is 232 g/mol. The number of hydrogen-bond acceptors (Lipinski definition) is 3. The van der Waals surface area contributed by atoms with Crippen molar-refractivity contribution >= 4 is 17.2 Å². The van der Waals surface area contributed by atoms with Gasteiger partial charge < -0.3 is 11.1 Å². The summed E-state index contributed by atoms with van der Waals surface area (Å²) >= 11 is 1.61. The highest BCUT2D eigenvalue weighted by atomic mass is 32.1. The zero-order valence-electron chi connectivity index (χ0n) is 10.2. The van der Waals surface area contributed by atoms with Crippen LogP contribution in [0.25, 0.3) is 0 Å². The molecule has 1 aliphatic rings. The van der Waals surface area contributed by atoms with Gasteiger partial charge in [-0.05, 0) is 24.8 Å². The van der Waals surface area contributed by atoms with Gasteiger partial charge in [-0.2, -0.15) is 0 Å². The lowest BCUT2D eigenvalue weighted by atomic mass is 10.0. The number of thiophene rings is 1. The minimum atomic E-state index is -0.334. The molecule has 0 aliphatic heterocycles. The van der Waals surface area contributed by atoms with E-state index in [2.05, 4.69) is 12.2 Å². The molecule has 1 aromatic rings. The van der Waals surface area contributed by atoms with Gasteiger partial charge in [-0.25, -0.2) is 0 Å². The van der Waals surface area contributed by atoms with Gasteiger partial charge in [-0.1, -0.05) is 19.8 Å². The maximum Gasteiger partial charge on any atom is 0.249 e. The van der Waals surface area contributed by atoms with Crippen LogP contribution in [0.4, 0.5) is 0 Å². The Kier molecular flexibility index (Phi) is 4.18. The molecule has 1 aliphatic carbocycles. The first kappa shape index (κ1) is 12.6. The first-order valence-corrected chi connectivity index (χ1v) is 7.19. The lowest BCUT2D eigenvalue weighted by molar-refractivity contribution is 0.100. The van der Waals surface area contributed by atoms with Crippen molar-refractivity contribution in [3.8, 4) is 0 Å². The maximum absolute atomic E-state index is 11.0. The van der Waals surface area contributed by atoms with Gasteiger partial charge in [-0.3, -0.25) is 4.79 Å². The van der Waals surface area contributed by atoms with Crippen molar-refractivity contribution in [1.82, 2.24) is 5.32 Å². The minimum Gasteiger partial charge on any atom is -0.366 e. The van der Waals surface area contributed by atoms with E-state index in [-0.39, 0.29) is 5.91 Å². The number of hydrogen-bond donors (Lipinski definition) is 2. The number of amides is 1. The monoisotopic (exact) mass is 252 g/mol. The second-order valence-corrected chi connectivity index (χ2v) is 5.75. The van der Waals surface area contributed by atoms with Crippen molar-refractivity contribution in [2.45, 2.75) is 45.2 Å². The van der Waals surface area contributed by atoms with Crippen LogP contribution in [0.5, 0.6) is 0 Å². The van der Waals surface area contributed by atoms with Crippen LogP contribution in [0.3, 0.4) is 0 Å². The van der Waals surface area contributed by atoms with E-state index in [1.54, 1.807) is 11.3 Å². The summed E-state index contributed by atoms with van der Waals surface area (Å²) in [6, 6.07) is 2.55. The maximum atomic E-state index is 11.0. The molecule has 3 nitrogen and oxygen atoms in total. The second-order valence-electron chi connectivity index (χ2n) is 4.75. The molecule has 3 N–H and O–H groups in total. The van der Waals surface area contributed by atoms with Crippen molar-refractivity contribution in [2.75, 3.05) is 0 Å². The van der Waals surface area contributed by atoms with Crippen molar-refractivity contribution in [2.24, 2.45) is 11.7 Å². The van der Waals surface area contributed by atoms with Gasteiger partial charge in [0.1, 0.15) is 0 Å². The molecule has 0 saturated heterocycles. The SMILES string of the molecule is CC[C@H]1CCC[C@@H]1NCc1cc(C(N)=O)cs1. The highest BCUT2D eigenvalue weighted by Crippen LogP contribution is 2.28. The third-order valence-electron chi connectivity index (χ3n) is 3.66. The molecule has 0 spiro atoms. The topological polar surface area (TPSA) is 55.1 Å². The molecule has 0 bridgehead atoms. The molecule has 1 saturated carbocycles. The fraction of sp³-hybridized carbons (Fsp3) is 0.615. The molecule has 1 amide bonds. The number of nitrogens with two attached hydrogens (primary N) is 1. The average molecular weight is 252 g/mol. The number of primary amides is 1. The van der Waals surface area contributed by atoms with E-state index in [0.29, 0.717) is 11.6 Å². The van der Waals surface area contributed by atoms with Crippen LogP contribution in [-0.2, 0) is 6.54 Å². The van der Waals surface area contributed by atoms with Crippen molar-refractivity contribution < 1.29 is 4.79 Å². The predicted molar refractivity (Wildman–Crippen MR) is 71.1 cm³/mol. The van der Waals surface area contributed by atoms with E-state index in [4.69, 9.17) is 5.73 Å². The van der Waals surface area contributed by atoms with E-state index in [1.165, 1.54) is 30.6 Å². The van der Waals surface area contributed by atoms with E-state index < -0.39 is 0 Å². The molecule has 4 heteroatoms. The van der Waals surface area contributed by atoms with Crippen molar-refractivity contribution in [3.63, 3.8) is 0 Å². The normalized spacial score (nSPS) is 24.1. The fourth-order valence-corrected chi connectivity index (χ4v) is 3.45. The third kappa shape index (κ3) is 3.07. The van der Waals surface area contributed by atoms with Crippen LogP contribution in [0.2, 0.25) is 0 Å². The first-order chi connectivity index (χ1) is 8.20. The Balaban J connectivity index is 1.86. The second kappa shape index (κ2) is 5.65. The van der Waals surface area contributed by atoms with E-state index >= 15 is 0 Å². The van der Waals surface area contributed by atoms with E-state index in [9.17, 15) is 4.79 Å². The Morgan fingerprint density at radius 2 is 2.41 bits per heavy atom. The van der Waals surface area contributed by atoms with Gasteiger partial charge in [-0.15, -0.1) is 11.3 Å². The molecule has 2 atom stereocenters. The average Bonchev–Trinajstić information content (AvgIpc) is 2.95. The fourth-order valence-electron chi connectivity index (χ4n) is 2.63. The molecule has 17 heavy (non-hydrogen) atoms. The predicted octanol–water partition coefficient (Wildman–Crippen LogP) is 2.52. The summed E-state index contributed by atoms with van der Waals surface area (Å²) in [6.07, 6.45) is 5.24. The molecular formula is C13H20N2OS. The van der Waals surface area contributed by atoms with E-state index in [0.717, 1.165) is 12.5 Å². The molecule has 0 radical (unpaired) electrons. The minimum absolute atomic E-state index is 0.334. The van der Waals surface area contributed by atoms with Crippen LogP contribution in [0.15, 0.2) is 11.4 Å². The van der Waals surface area contributed by atoms with Crippen LogP contribution in [-0.4, -0.2) is 11.9 Å². The Morgan fingerprint density at radius 3 is 3.06 bits per heavy atom. The van der Waals surface area contributed by atoms with Crippen LogP contribution < -0.4 is 11.1 Å². The van der Waals surface area contributed by atoms with Gasteiger partial charge in [0.05, 0.1) is 5.56 Å². The van der Waals surface area contributed by atoms with Crippen molar-refractivity contribution in [1.29, 1.82) is 0 Å². The van der Waals surface area contributed by atoms with Crippen LogP contribution in [0, 0.1) is 5.92 Å². The lowest BCUT2D eigenvalue weighted by Gasteiger charge is -2.19. The number of rotatable bonds is 5. The molecule has 0 unspecified atom stereocenters. The van der Waals surface area contributed by atoms with E-state index in [1.807, 2.05) is 11.4 Å². The Labute approximate surface area is 106 Å². The smallest absolute Gasteiger partial charge is 0.249 e. The number of carbonyl (C=O) groups excluding carboxylic acids is 1. The molecule has 1 aromatic heterocycles. The summed E-state index contributed by atoms with van der Waals surface area (Å²) in [6.45, 7) is 3.13. The highest BCUT2D eigenvalue weighted by Gasteiger charge is 2.25. The van der Waals surface area contributed by atoms with Gasteiger partial charge in [0, 0.05) is 22.8 Å². The zero-order valence-corrected chi connectivity index (χ0v) is 11.1. The zero-order chi connectivity index (χ0) is 12.3. The summed E-state index contributed by atoms with van der Waals surface area (Å²) in [5.41, 5.74) is 5.87. The Hall–Kier alpha value is -0.870. The summed E-state index contributed by atoms with van der Waals surface area (Å²) in [4.78, 5) is 12.2. The standard InChI is InChI=1S/C13H20N2OS/c1-2-9-4-3-5-12(9)15-7-11-6-10(8-17-11)13(14)16/h6,8-9,12,15H,2-5,7H2,1H3,(H2,14,16)/t9-,12-/m0/s1. The lowest BCUT2D eigenvalue weighted by Crippen LogP contribution is -2.31. The van der Waals surface area contributed by atoms with Crippen LogP contribution >= 0.6 is 11.3 Å². The summed E-state index contributed by atoms with van der Waals surface area (Å²) in [5.74, 6) is 0.491. The molecule has 2 rings (SSSR count). The van der Waals surface area contributed by atoms with Gasteiger partial charge in [0.2, 0.25) is 5.91 Å². The first-order valence-electron chi connectivity index (χ1n) is 6.31. The summed E-state index contributed by atoms with van der Waals surface area (Å²) in [5, 5.41) is 5.45. The van der Waals surface area contributed by atoms with Crippen LogP contribution in [0.1, 0.15) is 47.8 Å². The summed E-state index contributed by atoms with van der Waals surface area (Å²) < 4.78 is 0. The van der Waals surface area contributed by atoms with Crippen molar-refractivity contribution in [3.05, 3.63) is 21.9 Å². The number of carbonyl (C=O) groups is 1. The quantitative estimate of drug-likeness (QED) is 0.846. The number of nitrogens with one attached hydrogen (secondary N) is 1. The Bertz CT molecular complexity index is 389. The molecule has 1 fully saturated rings. The van der Waals surface area contributed by atoms with Gasteiger partial charge in [0.25, 0.3) is 0 Å². The van der Waals surface area contributed by atoms with Gasteiger partial charge in [0.15, 0.2) is 0 Å². The third-order valence-corrected chi connectivity index (χ3v) is 4.60. The molecule has 94 valence electrons. The summed E-state index contributed by atoms with van der Waals surface area (Å²) in [7, 11) is 0.